The number of terminal acetylenes is 1. The van der Waals surface area contributed by atoms with Crippen LogP contribution in [0.5, 0.6) is 0 Å². The van der Waals surface area contributed by atoms with Gasteiger partial charge < -0.3 is 20.4 Å². The summed E-state index contributed by atoms with van der Waals surface area (Å²) in [6, 6.07) is 9.78. The normalized spacial score (nSPS) is 11.2. The Morgan fingerprint density at radius 3 is 2.75 bits per heavy atom. The zero-order valence-electron chi connectivity index (χ0n) is 13.6. The summed E-state index contributed by atoms with van der Waals surface area (Å²) >= 11 is 0. The van der Waals surface area contributed by atoms with Crippen LogP contribution in [0.2, 0.25) is 0 Å². The Hall–Kier alpha value is -3.20. The van der Waals surface area contributed by atoms with Gasteiger partial charge in [-0.05, 0) is 44.2 Å². The van der Waals surface area contributed by atoms with Crippen molar-refractivity contribution in [3.8, 4) is 12.3 Å². The minimum Gasteiger partial charge on any atom is -0.464 e. The molecule has 1 heterocycles. The van der Waals surface area contributed by atoms with Gasteiger partial charge in [-0.1, -0.05) is 12.0 Å². The number of benzene rings is 1. The molecule has 1 unspecified atom stereocenters. The highest BCUT2D eigenvalue weighted by atomic mass is 16.3. The fourth-order valence-electron chi connectivity index (χ4n) is 2.06. The third kappa shape index (κ3) is 4.92. The van der Waals surface area contributed by atoms with Crippen molar-refractivity contribution in [1.82, 2.24) is 10.6 Å². The number of carbonyl (C=O) groups excluding carboxylic acids is 2. The minimum absolute atomic E-state index is 0.157. The lowest BCUT2D eigenvalue weighted by atomic mass is 10.2. The number of nitrogens with one attached hydrogen (secondary N) is 3. The molecule has 0 bridgehead atoms. The van der Waals surface area contributed by atoms with E-state index in [9.17, 15) is 9.59 Å². The van der Waals surface area contributed by atoms with Gasteiger partial charge in [0, 0.05) is 11.3 Å². The zero-order chi connectivity index (χ0) is 17.5. The fraction of sp³-hybridized carbons (Fsp3) is 0.222. The van der Waals surface area contributed by atoms with E-state index in [1.807, 2.05) is 13.0 Å². The minimum atomic E-state index is -0.455. The first kappa shape index (κ1) is 17.2. The van der Waals surface area contributed by atoms with Crippen LogP contribution in [0.3, 0.4) is 0 Å². The molecule has 24 heavy (non-hydrogen) atoms. The van der Waals surface area contributed by atoms with Gasteiger partial charge in [-0.2, -0.15) is 0 Å². The molecule has 6 heteroatoms. The summed E-state index contributed by atoms with van der Waals surface area (Å²) in [5, 5.41) is 7.86. The van der Waals surface area contributed by atoms with Gasteiger partial charge in [0.2, 0.25) is 5.91 Å². The lowest BCUT2D eigenvalue weighted by molar-refractivity contribution is -0.115. The van der Waals surface area contributed by atoms with Gasteiger partial charge in [-0.25, -0.2) is 4.79 Å². The lowest BCUT2D eigenvalue weighted by Gasteiger charge is -2.12. The van der Waals surface area contributed by atoms with E-state index in [-0.39, 0.29) is 18.5 Å². The van der Waals surface area contributed by atoms with E-state index >= 15 is 0 Å². The molecule has 2 aromatic rings. The van der Waals surface area contributed by atoms with E-state index < -0.39 is 6.03 Å². The second kappa shape index (κ2) is 7.88. The first-order chi connectivity index (χ1) is 11.5. The van der Waals surface area contributed by atoms with Crippen molar-refractivity contribution >= 4 is 17.6 Å². The Morgan fingerprint density at radius 2 is 2.08 bits per heavy atom. The van der Waals surface area contributed by atoms with E-state index in [1.165, 1.54) is 0 Å². The molecular weight excluding hydrogens is 306 g/mol. The maximum atomic E-state index is 11.9. The van der Waals surface area contributed by atoms with Gasteiger partial charge in [-0.3, -0.25) is 4.79 Å². The molecule has 6 nitrogen and oxygen atoms in total. The van der Waals surface area contributed by atoms with Gasteiger partial charge in [0.15, 0.2) is 0 Å². The second-order valence-electron chi connectivity index (χ2n) is 5.27. The number of rotatable bonds is 5. The lowest BCUT2D eigenvalue weighted by Crippen LogP contribution is -2.40. The van der Waals surface area contributed by atoms with Gasteiger partial charge >= 0.3 is 6.03 Å². The molecular formula is C18H19N3O3. The fourth-order valence-corrected chi connectivity index (χ4v) is 2.06. The molecule has 3 amide bonds. The average molecular weight is 325 g/mol. The van der Waals surface area contributed by atoms with Crippen molar-refractivity contribution in [3.05, 3.63) is 53.5 Å². The van der Waals surface area contributed by atoms with Crippen molar-refractivity contribution in [1.29, 1.82) is 0 Å². The highest BCUT2D eigenvalue weighted by Crippen LogP contribution is 2.15. The number of furan rings is 1. The molecule has 0 spiro atoms. The summed E-state index contributed by atoms with van der Waals surface area (Å²) in [6.07, 6.45) is 5.31. The Bertz CT molecular complexity index is 774. The van der Waals surface area contributed by atoms with Gasteiger partial charge in [0.05, 0.1) is 12.6 Å². The van der Waals surface area contributed by atoms with Crippen LogP contribution in [0.4, 0.5) is 10.5 Å². The van der Waals surface area contributed by atoms with Crippen LogP contribution in [-0.2, 0) is 4.79 Å². The third-order valence-electron chi connectivity index (χ3n) is 3.26. The SMILES string of the molecule is C#Cc1cccc(NC(=O)CNC(=O)NC(C)c2ccc(C)o2)c1. The van der Waals surface area contributed by atoms with Gasteiger partial charge in [0.25, 0.3) is 0 Å². The molecule has 0 aliphatic rings. The quantitative estimate of drug-likeness (QED) is 0.739. The van der Waals surface area contributed by atoms with Crippen LogP contribution in [-0.4, -0.2) is 18.5 Å². The standard InChI is InChI=1S/C18H19N3O3/c1-4-14-6-5-7-15(10-14)21-17(22)11-19-18(23)20-13(3)16-9-8-12(2)24-16/h1,5-10,13H,11H2,2-3H3,(H,21,22)(H2,19,20,23). The maximum absolute atomic E-state index is 11.9. The summed E-state index contributed by atoms with van der Waals surface area (Å²) in [6.45, 7) is 3.47. The first-order valence-electron chi connectivity index (χ1n) is 7.45. The highest BCUT2D eigenvalue weighted by molar-refractivity contribution is 5.94. The van der Waals surface area contributed by atoms with Gasteiger partial charge in [-0.15, -0.1) is 6.42 Å². The molecule has 1 aromatic carbocycles. The van der Waals surface area contributed by atoms with E-state index in [2.05, 4.69) is 21.9 Å². The largest absolute Gasteiger partial charge is 0.464 e. The Kier molecular flexibility index (Phi) is 5.63. The molecule has 0 aliphatic carbocycles. The summed E-state index contributed by atoms with van der Waals surface area (Å²) in [4.78, 5) is 23.7. The van der Waals surface area contributed by atoms with Crippen molar-refractivity contribution in [2.24, 2.45) is 0 Å². The molecule has 0 saturated carbocycles. The molecule has 0 fully saturated rings. The molecule has 1 atom stereocenters. The number of hydrogen-bond acceptors (Lipinski definition) is 3. The molecule has 2 rings (SSSR count). The number of anilines is 1. The number of urea groups is 1. The molecule has 1 aromatic heterocycles. The molecule has 3 N–H and O–H groups in total. The van der Waals surface area contributed by atoms with Crippen molar-refractivity contribution < 1.29 is 14.0 Å². The van der Waals surface area contributed by atoms with Crippen LogP contribution in [0.25, 0.3) is 0 Å². The summed E-state index contributed by atoms with van der Waals surface area (Å²) in [7, 11) is 0. The van der Waals surface area contributed by atoms with E-state index in [4.69, 9.17) is 10.8 Å². The first-order valence-corrected chi connectivity index (χ1v) is 7.45. The monoisotopic (exact) mass is 325 g/mol. The smallest absolute Gasteiger partial charge is 0.315 e. The molecule has 0 radical (unpaired) electrons. The number of amides is 3. The molecule has 124 valence electrons. The Labute approximate surface area is 140 Å². The number of carbonyl (C=O) groups is 2. The summed E-state index contributed by atoms with van der Waals surface area (Å²) in [5.41, 5.74) is 1.25. The summed E-state index contributed by atoms with van der Waals surface area (Å²) < 4.78 is 5.43. The number of aryl methyl sites for hydroxylation is 1. The Morgan fingerprint density at radius 1 is 1.29 bits per heavy atom. The van der Waals surface area contributed by atoms with E-state index in [1.54, 1.807) is 37.3 Å². The third-order valence-corrected chi connectivity index (χ3v) is 3.26. The van der Waals surface area contributed by atoms with Crippen LogP contribution < -0.4 is 16.0 Å². The van der Waals surface area contributed by atoms with E-state index in [0.717, 1.165) is 5.76 Å². The van der Waals surface area contributed by atoms with E-state index in [0.29, 0.717) is 17.0 Å². The van der Waals surface area contributed by atoms with Crippen molar-refractivity contribution in [2.45, 2.75) is 19.9 Å². The van der Waals surface area contributed by atoms with Crippen molar-refractivity contribution in [2.75, 3.05) is 11.9 Å². The maximum Gasteiger partial charge on any atom is 0.315 e. The van der Waals surface area contributed by atoms with Crippen LogP contribution >= 0.6 is 0 Å². The average Bonchev–Trinajstić information content (AvgIpc) is 3.00. The van der Waals surface area contributed by atoms with Crippen LogP contribution in [0.1, 0.15) is 30.0 Å². The predicted molar refractivity (Wildman–Crippen MR) is 91.4 cm³/mol. The number of hydrogen-bond donors (Lipinski definition) is 3. The second-order valence-corrected chi connectivity index (χ2v) is 5.27. The topological polar surface area (TPSA) is 83.4 Å². The van der Waals surface area contributed by atoms with Crippen molar-refractivity contribution in [3.63, 3.8) is 0 Å². The Balaban J connectivity index is 1.78. The molecule has 0 saturated heterocycles. The highest BCUT2D eigenvalue weighted by Gasteiger charge is 2.13. The zero-order valence-corrected chi connectivity index (χ0v) is 13.6. The van der Waals surface area contributed by atoms with Crippen LogP contribution in [0.15, 0.2) is 40.8 Å². The summed E-state index contributed by atoms with van der Waals surface area (Å²) in [5.74, 6) is 3.57. The van der Waals surface area contributed by atoms with Crippen LogP contribution in [0, 0.1) is 19.3 Å². The van der Waals surface area contributed by atoms with Gasteiger partial charge in [0.1, 0.15) is 11.5 Å². The molecule has 0 aliphatic heterocycles. The predicted octanol–water partition coefficient (Wildman–Crippen LogP) is 2.57.